The molecule has 0 saturated heterocycles. The summed E-state index contributed by atoms with van der Waals surface area (Å²) >= 11 is 1.52. The average molecular weight is 310 g/mol. The molecule has 0 aliphatic carbocycles. The van der Waals surface area contributed by atoms with Crippen molar-refractivity contribution in [2.45, 2.75) is 13.0 Å². The molecular formula is C17H14N2O2S. The number of hydrogen-bond donors (Lipinski definition) is 2. The van der Waals surface area contributed by atoms with E-state index in [1.54, 1.807) is 6.92 Å². The Balaban J connectivity index is 1.72. The smallest absolute Gasteiger partial charge is 0.279 e. The number of fused-ring (bicyclic) bond motifs is 2. The molecule has 1 unspecified atom stereocenters. The van der Waals surface area contributed by atoms with Crippen molar-refractivity contribution in [1.29, 1.82) is 0 Å². The highest BCUT2D eigenvalue weighted by Gasteiger charge is 2.11. The summed E-state index contributed by atoms with van der Waals surface area (Å²) in [7, 11) is 0. The van der Waals surface area contributed by atoms with Gasteiger partial charge in [-0.05, 0) is 37.3 Å². The van der Waals surface area contributed by atoms with Crippen LogP contribution in [0.15, 0.2) is 48.7 Å². The summed E-state index contributed by atoms with van der Waals surface area (Å²) in [6.07, 6.45) is 1.31. The van der Waals surface area contributed by atoms with Crippen molar-refractivity contribution in [3.8, 4) is 10.9 Å². The van der Waals surface area contributed by atoms with E-state index in [0.717, 1.165) is 26.7 Å². The average Bonchev–Trinajstić information content (AvgIpc) is 3.09. The molecule has 1 atom stereocenters. The molecule has 2 heterocycles. The molecule has 4 rings (SSSR count). The standard InChI is InChI=1S/C17H14N2O2S/c1-10(20)13-9-18-14-7-6-11(8-12(13)14)21-17-19-15-4-2-3-5-16(15)22-17/h2-10,18,20H,1H3. The Hall–Kier alpha value is -2.37. The molecule has 0 amide bonds. The highest BCUT2D eigenvalue weighted by atomic mass is 32.1. The molecule has 0 fully saturated rings. The van der Waals surface area contributed by atoms with Gasteiger partial charge in [0, 0.05) is 22.7 Å². The molecule has 0 spiro atoms. The third-order valence-corrected chi connectivity index (χ3v) is 4.53. The molecule has 2 aromatic carbocycles. The number of aromatic nitrogens is 2. The van der Waals surface area contributed by atoms with E-state index in [9.17, 15) is 5.11 Å². The van der Waals surface area contributed by atoms with E-state index in [-0.39, 0.29) is 0 Å². The Morgan fingerprint density at radius 3 is 2.91 bits per heavy atom. The first-order chi connectivity index (χ1) is 10.7. The Kier molecular flexibility index (Phi) is 3.10. The number of hydrogen-bond acceptors (Lipinski definition) is 4. The highest BCUT2D eigenvalue weighted by molar-refractivity contribution is 7.20. The van der Waals surface area contributed by atoms with Gasteiger partial charge in [-0.25, -0.2) is 4.98 Å². The van der Waals surface area contributed by atoms with Crippen LogP contribution in [0.1, 0.15) is 18.6 Å². The summed E-state index contributed by atoms with van der Waals surface area (Å²) in [4.78, 5) is 7.63. The number of rotatable bonds is 3. The normalized spacial score (nSPS) is 12.8. The van der Waals surface area contributed by atoms with E-state index in [1.165, 1.54) is 11.3 Å². The van der Waals surface area contributed by atoms with E-state index < -0.39 is 6.10 Å². The maximum atomic E-state index is 9.82. The van der Waals surface area contributed by atoms with Crippen molar-refractivity contribution in [2.24, 2.45) is 0 Å². The van der Waals surface area contributed by atoms with Gasteiger partial charge in [0.25, 0.3) is 5.19 Å². The van der Waals surface area contributed by atoms with E-state index >= 15 is 0 Å². The lowest BCUT2D eigenvalue weighted by Gasteiger charge is -2.04. The number of aliphatic hydroxyl groups excluding tert-OH is 1. The van der Waals surface area contributed by atoms with Gasteiger partial charge in [-0.15, -0.1) is 0 Å². The minimum atomic E-state index is -0.522. The Bertz CT molecular complexity index is 923. The van der Waals surface area contributed by atoms with Crippen molar-refractivity contribution in [2.75, 3.05) is 0 Å². The van der Waals surface area contributed by atoms with Crippen molar-refractivity contribution < 1.29 is 9.84 Å². The number of para-hydroxylation sites is 1. The lowest BCUT2D eigenvalue weighted by molar-refractivity contribution is 0.201. The fourth-order valence-corrected chi connectivity index (χ4v) is 3.36. The molecule has 110 valence electrons. The van der Waals surface area contributed by atoms with Crippen LogP contribution in [0.3, 0.4) is 0 Å². The van der Waals surface area contributed by atoms with Crippen molar-refractivity contribution in [3.63, 3.8) is 0 Å². The molecule has 4 aromatic rings. The second-order valence-corrected chi connectivity index (χ2v) is 6.17. The first-order valence-corrected chi connectivity index (χ1v) is 7.85. The topological polar surface area (TPSA) is 58.1 Å². The number of ether oxygens (including phenoxy) is 1. The number of thiazole rings is 1. The fourth-order valence-electron chi connectivity index (χ4n) is 2.53. The Morgan fingerprint density at radius 2 is 2.09 bits per heavy atom. The summed E-state index contributed by atoms with van der Waals surface area (Å²) < 4.78 is 6.99. The van der Waals surface area contributed by atoms with Gasteiger partial charge < -0.3 is 14.8 Å². The molecular weight excluding hydrogens is 296 g/mol. The van der Waals surface area contributed by atoms with E-state index in [4.69, 9.17) is 4.74 Å². The quantitative estimate of drug-likeness (QED) is 0.580. The molecule has 0 saturated carbocycles. The van der Waals surface area contributed by atoms with Gasteiger partial charge in [0.1, 0.15) is 5.75 Å². The first-order valence-electron chi connectivity index (χ1n) is 7.03. The molecule has 2 N–H and O–H groups in total. The maximum Gasteiger partial charge on any atom is 0.279 e. The number of nitrogens with one attached hydrogen (secondary N) is 1. The zero-order chi connectivity index (χ0) is 15.1. The van der Waals surface area contributed by atoms with Gasteiger partial charge in [-0.3, -0.25) is 0 Å². The molecule has 0 aliphatic rings. The molecule has 0 bridgehead atoms. The zero-order valence-corrected chi connectivity index (χ0v) is 12.7. The van der Waals surface area contributed by atoms with Gasteiger partial charge in [-0.2, -0.15) is 0 Å². The second kappa shape index (κ2) is 5.12. The predicted octanol–water partition coefficient (Wildman–Crippen LogP) is 4.62. The summed E-state index contributed by atoms with van der Waals surface area (Å²) in [5, 5.41) is 11.4. The number of nitrogens with zero attached hydrogens (tertiary/aromatic N) is 1. The second-order valence-electron chi connectivity index (χ2n) is 5.18. The van der Waals surface area contributed by atoms with Crippen LogP contribution in [0.2, 0.25) is 0 Å². The van der Waals surface area contributed by atoms with Gasteiger partial charge in [0.2, 0.25) is 0 Å². The Morgan fingerprint density at radius 1 is 1.23 bits per heavy atom. The zero-order valence-electron chi connectivity index (χ0n) is 11.9. The van der Waals surface area contributed by atoms with E-state index in [0.29, 0.717) is 10.9 Å². The Labute approximate surface area is 131 Å². The van der Waals surface area contributed by atoms with E-state index in [1.807, 2.05) is 48.7 Å². The van der Waals surface area contributed by atoms with Crippen LogP contribution in [0.4, 0.5) is 0 Å². The van der Waals surface area contributed by atoms with Crippen LogP contribution in [-0.2, 0) is 0 Å². The van der Waals surface area contributed by atoms with Crippen LogP contribution in [0, 0.1) is 0 Å². The summed E-state index contributed by atoms with van der Waals surface area (Å²) in [5.74, 6) is 0.716. The molecule has 5 heteroatoms. The van der Waals surface area contributed by atoms with Crippen molar-refractivity contribution in [3.05, 3.63) is 54.2 Å². The molecule has 2 aromatic heterocycles. The number of benzene rings is 2. The van der Waals surface area contributed by atoms with Crippen LogP contribution >= 0.6 is 11.3 Å². The third-order valence-electron chi connectivity index (χ3n) is 3.61. The van der Waals surface area contributed by atoms with Gasteiger partial charge in [-0.1, -0.05) is 23.5 Å². The minimum Gasteiger partial charge on any atom is -0.431 e. The van der Waals surface area contributed by atoms with Gasteiger partial charge >= 0.3 is 0 Å². The van der Waals surface area contributed by atoms with Crippen LogP contribution < -0.4 is 4.74 Å². The lowest BCUT2D eigenvalue weighted by atomic mass is 10.1. The van der Waals surface area contributed by atoms with E-state index in [2.05, 4.69) is 9.97 Å². The van der Waals surface area contributed by atoms with Crippen molar-refractivity contribution >= 4 is 32.5 Å². The molecule has 4 nitrogen and oxygen atoms in total. The van der Waals surface area contributed by atoms with Crippen LogP contribution in [0.5, 0.6) is 10.9 Å². The van der Waals surface area contributed by atoms with Crippen LogP contribution in [-0.4, -0.2) is 15.1 Å². The van der Waals surface area contributed by atoms with Crippen molar-refractivity contribution in [1.82, 2.24) is 9.97 Å². The number of H-pyrrole nitrogens is 1. The largest absolute Gasteiger partial charge is 0.431 e. The highest BCUT2D eigenvalue weighted by Crippen LogP contribution is 2.33. The maximum absolute atomic E-state index is 9.82. The molecule has 22 heavy (non-hydrogen) atoms. The lowest BCUT2D eigenvalue weighted by Crippen LogP contribution is -1.88. The minimum absolute atomic E-state index is 0.522. The number of aromatic amines is 1. The third kappa shape index (κ3) is 2.24. The summed E-state index contributed by atoms with van der Waals surface area (Å²) in [6.45, 7) is 1.75. The molecule has 0 aliphatic heterocycles. The SMILES string of the molecule is CC(O)c1c[nH]c2ccc(Oc3nc4ccccc4s3)cc12. The first kappa shape index (κ1) is 13.3. The van der Waals surface area contributed by atoms with Gasteiger partial charge in [0.15, 0.2) is 0 Å². The summed E-state index contributed by atoms with van der Waals surface area (Å²) in [6, 6.07) is 13.7. The molecule has 0 radical (unpaired) electrons. The van der Waals surface area contributed by atoms with Crippen LogP contribution in [0.25, 0.3) is 21.1 Å². The predicted molar refractivity (Wildman–Crippen MR) is 88.6 cm³/mol. The summed E-state index contributed by atoms with van der Waals surface area (Å²) in [5.41, 5.74) is 2.78. The monoisotopic (exact) mass is 310 g/mol. The number of aliphatic hydroxyl groups is 1. The fraction of sp³-hybridized carbons (Fsp3) is 0.118. The van der Waals surface area contributed by atoms with Gasteiger partial charge in [0.05, 0.1) is 16.3 Å².